The highest BCUT2D eigenvalue weighted by molar-refractivity contribution is 7.26. The van der Waals surface area contributed by atoms with E-state index in [0.29, 0.717) is 11.9 Å². The fraction of sp³-hybridized carbons (Fsp3) is 0.122. The highest BCUT2D eigenvalue weighted by atomic mass is 32.1. The lowest BCUT2D eigenvalue weighted by Crippen LogP contribution is -2.04. The van der Waals surface area contributed by atoms with Gasteiger partial charge < -0.3 is 4.42 Å². The maximum absolute atomic E-state index is 6.59. The summed E-state index contributed by atoms with van der Waals surface area (Å²) in [6.07, 6.45) is 12.1. The van der Waals surface area contributed by atoms with Crippen LogP contribution in [0.1, 0.15) is 35.8 Å². The topological polar surface area (TPSA) is 43.9 Å². The number of fused-ring (bicyclic) bond motifs is 8. The molecule has 0 bridgehead atoms. The van der Waals surface area contributed by atoms with Gasteiger partial charge in [-0.25, -0.2) is 9.97 Å². The molecule has 11 rings (SSSR count). The second kappa shape index (κ2) is 8.93. The van der Waals surface area contributed by atoms with E-state index >= 15 is 0 Å². The van der Waals surface area contributed by atoms with E-state index in [0.717, 1.165) is 73.9 Å². The Morgan fingerprint density at radius 2 is 1.80 bits per heavy atom. The van der Waals surface area contributed by atoms with E-state index in [1.54, 1.807) is 11.3 Å². The minimum absolute atomic E-state index is 0.559. The van der Waals surface area contributed by atoms with Crippen molar-refractivity contribution >= 4 is 87.3 Å². The van der Waals surface area contributed by atoms with Crippen molar-refractivity contribution in [2.24, 2.45) is 5.92 Å². The molecule has 2 aliphatic carbocycles. The first-order chi connectivity index (χ1) is 22.7. The van der Waals surface area contributed by atoms with Crippen LogP contribution in [-0.2, 0) is 12.8 Å². The summed E-state index contributed by atoms with van der Waals surface area (Å²) in [5.41, 5.74) is 10.2. The normalized spacial score (nSPS) is 16.2. The fourth-order valence-electron chi connectivity index (χ4n) is 8.01. The summed E-state index contributed by atoms with van der Waals surface area (Å²) in [6, 6.07) is 28.8. The SMILES string of the molecule is CC1C=Cc2cc(-c3nc(-n4c5cccc6ccc7c8oc9c(c8cc4c7c65)C=CCC9)nc4c3sc3ccccc34)ccc2C1. The van der Waals surface area contributed by atoms with Gasteiger partial charge in [0.05, 0.1) is 26.9 Å². The summed E-state index contributed by atoms with van der Waals surface area (Å²) in [7, 11) is 0. The van der Waals surface area contributed by atoms with Crippen LogP contribution < -0.4 is 0 Å². The van der Waals surface area contributed by atoms with Crippen molar-refractivity contribution in [2.45, 2.75) is 26.2 Å². The monoisotopic (exact) mass is 609 g/mol. The van der Waals surface area contributed by atoms with Gasteiger partial charge in [-0.15, -0.1) is 11.3 Å². The van der Waals surface area contributed by atoms with Crippen molar-refractivity contribution in [3.8, 4) is 17.2 Å². The van der Waals surface area contributed by atoms with Gasteiger partial charge in [0.15, 0.2) is 0 Å². The van der Waals surface area contributed by atoms with Gasteiger partial charge in [-0.05, 0) is 65.6 Å². The van der Waals surface area contributed by atoms with Crippen molar-refractivity contribution in [1.82, 2.24) is 14.5 Å². The molecule has 0 fully saturated rings. The number of aryl methyl sites for hydroxylation is 1. The second-order valence-electron chi connectivity index (χ2n) is 13.0. The molecule has 0 saturated carbocycles. The molecule has 0 saturated heterocycles. The average Bonchev–Trinajstić information content (AvgIpc) is 3.76. The van der Waals surface area contributed by atoms with Crippen LogP contribution in [-0.4, -0.2) is 14.5 Å². The predicted molar refractivity (Wildman–Crippen MR) is 192 cm³/mol. The summed E-state index contributed by atoms with van der Waals surface area (Å²) >= 11 is 1.79. The van der Waals surface area contributed by atoms with E-state index in [1.165, 1.54) is 42.9 Å². The Morgan fingerprint density at radius 1 is 0.848 bits per heavy atom. The number of benzene rings is 5. The number of rotatable bonds is 2. The third-order valence-corrected chi connectivity index (χ3v) is 11.3. The van der Waals surface area contributed by atoms with Gasteiger partial charge in [0.2, 0.25) is 5.95 Å². The Bertz CT molecular complexity index is 2810. The summed E-state index contributed by atoms with van der Waals surface area (Å²) < 4.78 is 11.2. The molecule has 2 aliphatic rings. The minimum atomic E-state index is 0.559. The van der Waals surface area contributed by atoms with E-state index in [-0.39, 0.29) is 0 Å². The van der Waals surface area contributed by atoms with Crippen molar-refractivity contribution < 1.29 is 4.42 Å². The van der Waals surface area contributed by atoms with Crippen molar-refractivity contribution in [1.29, 1.82) is 0 Å². The summed E-state index contributed by atoms with van der Waals surface area (Å²) in [5, 5.41) is 7.13. The Morgan fingerprint density at radius 3 is 2.78 bits per heavy atom. The molecule has 1 unspecified atom stereocenters. The van der Waals surface area contributed by atoms with Gasteiger partial charge in [-0.1, -0.05) is 79.8 Å². The minimum Gasteiger partial charge on any atom is -0.460 e. The first-order valence-electron chi connectivity index (χ1n) is 16.1. The van der Waals surface area contributed by atoms with E-state index < -0.39 is 0 Å². The van der Waals surface area contributed by atoms with Crippen LogP contribution in [0.2, 0.25) is 0 Å². The van der Waals surface area contributed by atoms with Gasteiger partial charge in [0, 0.05) is 49.2 Å². The molecule has 4 nitrogen and oxygen atoms in total. The molecule has 0 spiro atoms. The van der Waals surface area contributed by atoms with Crippen molar-refractivity contribution in [3.63, 3.8) is 0 Å². The number of furan rings is 1. The molecule has 9 aromatic rings. The standard InChI is InChI=1S/C41H27N3OS/c1-22-13-14-25-20-26(16-15-24(25)19-22)37-40-38(28-9-3-5-12-34(28)46-40)43-41(42-37)44-31-10-6-7-23-17-18-29-36(35(23)31)32(44)21-30-27-8-2-4-11-33(27)45-39(29)30/h2-3,5-10,12-18,20-22H,4,11,19H2,1H3. The molecule has 1 atom stereocenters. The van der Waals surface area contributed by atoms with E-state index in [1.807, 2.05) is 0 Å². The molecule has 5 heteroatoms. The molecule has 4 heterocycles. The first-order valence-corrected chi connectivity index (χ1v) is 16.9. The van der Waals surface area contributed by atoms with Gasteiger partial charge in [0.25, 0.3) is 0 Å². The lowest BCUT2D eigenvalue weighted by Gasteiger charge is -2.17. The van der Waals surface area contributed by atoms with Crippen molar-refractivity contribution in [3.05, 3.63) is 113 Å². The molecular formula is C41H27N3OS. The van der Waals surface area contributed by atoms with Crippen LogP contribution in [0.25, 0.3) is 93.2 Å². The van der Waals surface area contributed by atoms with Crippen LogP contribution in [0, 0.1) is 5.92 Å². The van der Waals surface area contributed by atoms with Crippen LogP contribution in [0.5, 0.6) is 0 Å². The zero-order chi connectivity index (χ0) is 30.1. The maximum atomic E-state index is 6.59. The number of aromatic nitrogens is 3. The Kier molecular flexibility index (Phi) is 4.85. The number of thiophene rings is 1. The van der Waals surface area contributed by atoms with Gasteiger partial charge in [-0.2, -0.15) is 0 Å². The van der Waals surface area contributed by atoms with Gasteiger partial charge in [-0.3, -0.25) is 4.57 Å². The molecular weight excluding hydrogens is 583 g/mol. The maximum Gasteiger partial charge on any atom is 0.235 e. The molecule has 0 radical (unpaired) electrons. The molecule has 46 heavy (non-hydrogen) atoms. The molecule has 5 aromatic carbocycles. The molecule has 0 amide bonds. The highest BCUT2D eigenvalue weighted by Gasteiger charge is 2.25. The Balaban J connectivity index is 1.28. The van der Waals surface area contributed by atoms with Crippen LogP contribution in [0.15, 0.2) is 95.4 Å². The summed E-state index contributed by atoms with van der Waals surface area (Å²) in [6.45, 7) is 2.28. The largest absolute Gasteiger partial charge is 0.460 e. The summed E-state index contributed by atoms with van der Waals surface area (Å²) in [4.78, 5) is 10.9. The van der Waals surface area contributed by atoms with Gasteiger partial charge >= 0.3 is 0 Å². The van der Waals surface area contributed by atoms with Crippen molar-refractivity contribution in [2.75, 3.05) is 0 Å². The van der Waals surface area contributed by atoms with E-state index in [4.69, 9.17) is 14.4 Å². The van der Waals surface area contributed by atoms with Gasteiger partial charge in [0.1, 0.15) is 11.3 Å². The first kappa shape index (κ1) is 25.0. The Hall–Kier alpha value is -5.26. The third kappa shape index (κ3) is 3.28. The lowest BCUT2D eigenvalue weighted by molar-refractivity contribution is 0.549. The number of hydrogen-bond donors (Lipinski definition) is 0. The van der Waals surface area contributed by atoms with Crippen LogP contribution >= 0.6 is 11.3 Å². The number of allylic oxidation sites excluding steroid dienone is 2. The fourth-order valence-corrected chi connectivity index (χ4v) is 9.16. The zero-order valence-electron chi connectivity index (χ0n) is 25.2. The van der Waals surface area contributed by atoms with Crippen LogP contribution in [0.4, 0.5) is 0 Å². The predicted octanol–water partition coefficient (Wildman–Crippen LogP) is 11.1. The molecule has 4 aromatic heterocycles. The zero-order valence-corrected chi connectivity index (χ0v) is 26.0. The molecule has 0 aliphatic heterocycles. The lowest BCUT2D eigenvalue weighted by atomic mass is 9.89. The quantitative estimate of drug-likeness (QED) is 0.183. The third-order valence-electron chi connectivity index (χ3n) is 10.1. The number of hydrogen-bond acceptors (Lipinski definition) is 4. The average molecular weight is 610 g/mol. The Labute approximate surface area is 268 Å². The van der Waals surface area contributed by atoms with E-state index in [2.05, 4.69) is 115 Å². The van der Waals surface area contributed by atoms with E-state index in [9.17, 15) is 0 Å². The smallest absolute Gasteiger partial charge is 0.235 e. The molecule has 0 N–H and O–H groups in total. The number of nitrogens with zero attached hydrogens (tertiary/aromatic N) is 3. The highest BCUT2D eigenvalue weighted by Crippen LogP contribution is 2.46. The van der Waals surface area contributed by atoms with Crippen LogP contribution in [0.3, 0.4) is 0 Å². The molecule has 218 valence electrons. The second-order valence-corrected chi connectivity index (χ2v) is 14.0. The summed E-state index contributed by atoms with van der Waals surface area (Å²) in [5.74, 6) is 2.34.